The Kier molecular flexibility index (Phi) is 4.42. The summed E-state index contributed by atoms with van der Waals surface area (Å²) in [5, 5.41) is -0.167. The van der Waals surface area contributed by atoms with Gasteiger partial charge in [-0.3, -0.25) is 4.79 Å². The van der Waals surface area contributed by atoms with Crippen LogP contribution in [0.1, 0.15) is 30.0 Å². The van der Waals surface area contributed by atoms with E-state index in [2.05, 4.69) is 9.71 Å². The molecule has 1 N–H and O–H groups in total. The summed E-state index contributed by atoms with van der Waals surface area (Å²) in [6.07, 6.45) is 1.19. The average molecular weight is 349 g/mol. The van der Waals surface area contributed by atoms with E-state index in [1.165, 1.54) is 6.20 Å². The van der Waals surface area contributed by atoms with E-state index >= 15 is 0 Å². The number of hydrogen-bond acceptors (Lipinski definition) is 5. The highest BCUT2D eigenvalue weighted by Crippen LogP contribution is 2.27. The Morgan fingerprint density at radius 1 is 1.42 bits per heavy atom. The number of benzene rings is 1. The Hall–Kier alpha value is -2.19. The molecule has 0 unspecified atom stereocenters. The van der Waals surface area contributed by atoms with Crippen molar-refractivity contribution in [3.05, 3.63) is 47.4 Å². The monoisotopic (exact) mass is 349 g/mol. The molecular weight excluding hydrogens is 330 g/mol. The standard InChI is InChI=1S/C16H19N3O4S/c1-3-19-10-14(17-11(19)2)24(21,22)18-16(20)15-13-7-5-4-6-12(13)8-9-23-15/h4-7,10,15H,3,8-9H2,1-2H3,(H,18,20)/t15-/m1/s1. The minimum atomic E-state index is -4.03. The maximum Gasteiger partial charge on any atom is 0.283 e. The van der Waals surface area contributed by atoms with Gasteiger partial charge in [-0.15, -0.1) is 0 Å². The molecule has 2 aromatic rings. The molecule has 1 aliphatic rings. The van der Waals surface area contributed by atoms with E-state index < -0.39 is 22.0 Å². The van der Waals surface area contributed by atoms with Gasteiger partial charge in [-0.25, -0.2) is 9.71 Å². The fraction of sp³-hybridized carbons (Fsp3) is 0.375. The number of fused-ring (bicyclic) bond motifs is 1. The molecule has 1 atom stereocenters. The SMILES string of the molecule is CCn1cc(S(=O)(=O)NC(=O)[C@@H]2OCCc3ccccc32)nc1C. The van der Waals surface area contributed by atoms with E-state index in [-0.39, 0.29) is 5.03 Å². The van der Waals surface area contributed by atoms with Gasteiger partial charge in [-0.2, -0.15) is 8.42 Å². The zero-order chi connectivity index (χ0) is 17.3. The summed E-state index contributed by atoms with van der Waals surface area (Å²) in [6, 6.07) is 7.38. The normalized spacial score (nSPS) is 17.3. The van der Waals surface area contributed by atoms with E-state index in [4.69, 9.17) is 4.74 Å². The number of nitrogens with zero attached hydrogens (tertiary/aromatic N) is 2. The summed E-state index contributed by atoms with van der Waals surface area (Å²) in [6.45, 7) is 4.57. The smallest absolute Gasteiger partial charge is 0.283 e. The van der Waals surface area contributed by atoms with Crippen LogP contribution in [0.15, 0.2) is 35.5 Å². The highest BCUT2D eigenvalue weighted by atomic mass is 32.2. The fourth-order valence-electron chi connectivity index (χ4n) is 2.78. The van der Waals surface area contributed by atoms with Gasteiger partial charge < -0.3 is 9.30 Å². The molecule has 24 heavy (non-hydrogen) atoms. The Balaban J connectivity index is 1.84. The van der Waals surface area contributed by atoms with Crippen molar-refractivity contribution in [1.82, 2.24) is 14.3 Å². The van der Waals surface area contributed by atoms with Gasteiger partial charge in [0.05, 0.1) is 6.61 Å². The minimum Gasteiger partial charge on any atom is -0.363 e. The number of nitrogens with one attached hydrogen (secondary N) is 1. The predicted molar refractivity (Wildman–Crippen MR) is 86.8 cm³/mol. The first-order valence-corrected chi connectivity index (χ1v) is 9.20. The molecule has 0 radical (unpaired) electrons. The first kappa shape index (κ1) is 16.7. The van der Waals surface area contributed by atoms with E-state index in [9.17, 15) is 13.2 Å². The summed E-state index contributed by atoms with van der Waals surface area (Å²) < 4.78 is 34.1. The van der Waals surface area contributed by atoms with Crippen LogP contribution >= 0.6 is 0 Å². The third kappa shape index (κ3) is 3.07. The molecule has 0 spiro atoms. The molecule has 3 rings (SSSR count). The van der Waals surface area contributed by atoms with E-state index in [0.29, 0.717) is 31.0 Å². The van der Waals surface area contributed by atoms with E-state index in [0.717, 1.165) is 5.56 Å². The minimum absolute atomic E-state index is 0.167. The average Bonchev–Trinajstić information content (AvgIpc) is 2.95. The van der Waals surface area contributed by atoms with Gasteiger partial charge >= 0.3 is 0 Å². The topological polar surface area (TPSA) is 90.3 Å². The molecule has 1 aromatic carbocycles. The lowest BCUT2D eigenvalue weighted by molar-refractivity contribution is -0.132. The van der Waals surface area contributed by atoms with Gasteiger partial charge in [0.15, 0.2) is 11.1 Å². The van der Waals surface area contributed by atoms with Crippen molar-refractivity contribution in [2.24, 2.45) is 0 Å². The Labute approximate surface area is 140 Å². The highest BCUT2D eigenvalue weighted by molar-refractivity contribution is 7.90. The van der Waals surface area contributed by atoms with Crippen LogP contribution in [0.4, 0.5) is 0 Å². The van der Waals surface area contributed by atoms with Crippen molar-refractivity contribution >= 4 is 15.9 Å². The lowest BCUT2D eigenvalue weighted by atomic mass is 9.97. The second-order valence-electron chi connectivity index (χ2n) is 5.58. The zero-order valence-electron chi connectivity index (χ0n) is 13.5. The maximum absolute atomic E-state index is 12.5. The number of carbonyl (C=O) groups is 1. The van der Waals surface area contributed by atoms with Crippen molar-refractivity contribution in [3.63, 3.8) is 0 Å². The summed E-state index contributed by atoms with van der Waals surface area (Å²) in [5.74, 6) is -0.129. The third-order valence-electron chi connectivity index (χ3n) is 4.04. The number of aromatic nitrogens is 2. The van der Waals surface area contributed by atoms with Gasteiger partial charge in [0, 0.05) is 12.7 Å². The Morgan fingerprint density at radius 2 is 2.17 bits per heavy atom. The van der Waals surface area contributed by atoms with Crippen LogP contribution in [0.2, 0.25) is 0 Å². The number of sulfonamides is 1. The molecule has 2 heterocycles. The Bertz CT molecular complexity index is 873. The maximum atomic E-state index is 12.5. The predicted octanol–water partition coefficient (Wildman–Crippen LogP) is 1.33. The summed E-state index contributed by atoms with van der Waals surface area (Å²) >= 11 is 0. The van der Waals surface area contributed by atoms with Gasteiger partial charge in [-0.05, 0) is 31.4 Å². The van der Waals surface area contributed by atoms with Crippen LogP contribution in [0.3, 0.4) is 0 Å². The van der Waals surface area contributed by atoms with Crippen molar-refractivity contribution in [2.45, 2.75) is 37.9 Å². The first-order valence-electron chi connectivity index (χ1n) is 7.72. The molecule has 0 fully saturated rings. The van der Waals surface area contributed by atoms with Crippen LogP contribution in [0.25, 0.3) is 0 Å². The number of hydrogen-bond donors (Lipinski definition) is 1. The molecule has 0 saturated carbocycles. The second kappa shape index (κ2) is 6.37. The molecule has 128 valence electrons. The first-order chi connectivity index (χ1) is 11.4. The number of carbonyl (C=O) groups excluding carboxylic acids is 1. The number of rotatable bonds is 4. The van der Waals surface area contributed by atoms with Crippen LogP contribution in [0.5, 0.6) is 0 Å². The van der Waals surface area contributed by atoms with Crippen LogP contribution in [-0.2, 0) is 32.5 Å². The summed E-state index contributed by atoms with van der Waals surface area (Å²) in [4.78, 5) is 16.5. The van der Waals surface area contributed by atoms with E-state index in [1.807, 2.05) is 19.1 Å². The van der Waals surface area contributed by atoms with E-state index in [1.54, 1.807) is 23.6 Å². The fourth-order valence-corrected chi connectivity index (χ4v) is 3.77. The summed E-state index contributed by atoms with van der Waals surface area (Å²) in [5.41, 5.74) is 1.69. The molecule has 0 saturated heterocycles. The highest BCUT2D eigenvalue weighted by Gasteiger charge is 2.31. The second-order valence-corrected chi connectivity index (χ2v) is 7.21. The number of aryl methyl sites for hydroxylation is 2. The van der Waals surface area contributed by atoms with Crippen LogP contribution in [0, 0.1) is 6.92 Å². The molecule has 1 aromatic heterocycles. The molecule has 0 bridgehead atoms. The van der Waals surface area contributed by atoms with Gasteiger partial charge in [0.25, 0.3) is 15.9 Å². The molecule has 1 amide bonds. The van der Waals surface area contributed by atoms with Crippen molar-refractivity contribution in [2.75, 3.05) is 6.61 Å². The molecule has 0 aliphatic carbocycles. The van der Waals surface area contributed by atoms with Gasteiger partial charge in [-0.1, -0.05) is 24.3 Å². The number of imidazole rings is 1. The molecule has 7 nitrogen and oxygen atoms in total. The molecular formula is C16H19N3O4S. The number of amides is 1. The largest absolute Gasteiger partial charge is 0.363 e. The molecule has 1 aliphatic heterocycles. The van der Waals surface area contributed by atoms with Crippen molar-refractivity contribution in [1.29, 1.82) is 0 Å². The van der Waals surface area contributed by atoms with Crippen molar-refractivity contribution in [3.8, 4) is 0 Å². The molecule has 8 heteroatoms. The van der Waals surface area contributed by atoms with Gasteiger partial charge in [0.2, 0.25) is 0 Å². The quantitative estimate of drug-likeness (QED) is 0.899. The lowest BCUT2D eigenvalue weighted by Gasteiger charge is -2.24. The van der Waals surface area contributed by atoms with Crippen LogP contribution in [-0.4, -0.2) is 30.5 Å². The third-order valence-corrected chi connectivity index (χ3v) is 5.25. The van der Waals surface area contributed by atoms with Crippen LogP contribution < -0.4 is 4.72 Å². The van der Waals surface area contributed by atoms with Crippen molar-refractivity contribution < 1.29 is 17.9 Å². The van der Waals surface area contributed by atoms with Gasteiger partial charge in [0.1, 0.15) is 5.82 Å². The lowest BCUT2D eigenvalue weighted by Crippen LogP contribution is -2.37. The zero-order valence-corrected chi connectivity index (χ0v) is 14.3. The number of ether oxygens (including phenoxy) is 1. The Morgan fingerprint density at radius 3 is 2.88 bits per heavy atom. The summed E-state index contributed by atoms with van der Waals surface area (Å²) in [7, 11) is -4.03.